The molecule has 4 N–H and O–H groups in total. The molecule has 0 spiro atoms. The summed E-state index contributed by atoms with van der Waals surface area (Å²) in [4.78, 5) is 4.36. The predicted octanol–water partition coefficient (Wildman–Crippen LogP) is 2.53. The van der Waals surface area contributed by atoms with E-state index in [1.807, 2.05) is 24.3 Å². The van der Waals surface area contributed by atoms with Crippen molar-refractivity contribution in [3.63, 3.8) is 0 Å². The Morgan fingerprint density at radius 3 is 2.41 bits per heavy atom. The summed E-state index contributed by atoms with van der Waals surface area (Å²) in [6.07, 6.45) is 1.73. The van der Waals surface area contributed by atoms with Gasteiger partial charge in [0.25, 0.3) is 0 Å². The van der Waals surface area contributed by atoms with Crippen molar-refractivity contribution in [1.29, 1.82) is 0 Å². The van der Waals surface area contributed by atoms with Gasteiger partial charge in [-0.05, 0) is 37.1 Å². The molecule has 8 nitrogen and oxygen atoms in total. The number of halogens is 1. The van der Waals surface area contributed by atoms with Gasteiger partial charge in [0.15, 0.2) is 6.29 Å². The van der Waals surface area contributed by atoms with Gasteiger partial charge in [-0.15, -0.1) is 0 Å². The molecule has 178 valence electrons. The van der Waals surface area contributed by atoms with Crippen LogP contribution >= 0.6 is 15.9 Å². The summed E-state index contributed by atoms with van der Waals surface area (Å²) in [5.41, 5.74) is 0.912. The molecule has 32 heavy (non-hydrogen) atoms. The molecule has 1 aromatic heterocycles. The van der Waals surface area contributed by atoms with E-state index in [1.165, 1.54) is 0 Å². The molecule has 1 aliphatic heterocycles. The fourth-order valence-corrected chi connectivity index (χ4v) is 4.16. The van der Waals surface area contributed by atoms with Crippen LogP contribution in [0.5, 0.6) is 5.75 Å². The Bertz CT molecular complexity index is 839. The van der Waals surface area contributed by atoms with Gasteiger partial charge in [-0.3, -0.25) is 4.98 Å². The molecule has 1 aromatic carbocycles. The zero-order valence-corrected chi connectivity index (χ0v) is 19.6. The van der Waals surface area contributed by atoms with Crippen LogP contribution in [-0.4, -0.2) is 75.9 Å². The second kappa shape index (κ2) is 12.8. The molecular formula is C23H32BrNO7. The number of rotatable bonds is 12. The number of hydrogen-bond donors (Lipinski definition) is 4. The van der Waals surface area contributed by atoms with Crippen molar-refractivity contribution in [2.45, 2.75) is 69.2 Å². The standard InChI is InChI=1S/C23H32BrNO7/c24-15-7-8-17-16(13-15)18(9-10-25-17)30-11-5-3-1-2-4-6-12-31-22-20(27)19(14-26)32-23(29)21(22)28/h7-10,13,19-23,26-29H,1-6,11-12,14H2/t19-,20-,21-,22+,23?/m1/s1. The summed E-state index contributed by atoms with van der Waals surface area (Å²) in [5, 5.41) is 39.9. The van der Waals surface area contributed by atoms with Crippen LogP contribution in [0, 0.1) is 0 Å². The highest BCUT2D eigenvalue weighted by molar-refractivity contribution is 9.10. The lowest BCUT2D eigenvalue weighted by atomic mass is 9.99. The number of aromatic nitrogens is 1. The van der Waals surface area contributed by atoms with Crippen molar-refractivity contribution in [1.82, 2.24) is 4.98 Å². The monoisotopic (exact) mass is 513 g/mol. The van der Waals surface area contributed by atoms with Crippen molar-refractivity contribution in [2.24, 2.45) is 0 Å². The van der Waals surface area contributed by atoms with E-state index >= 15 is 0 Å². The maximum Gasteiger partial charge on any atom is 0.184 e. The van der Waals surface area contributed by atoms with Crippen LogP contribution in [0.15, 0.2) is 34.9 Å². The summed E-state index contributed by atoms with van der Waals surface area (Å²) < 4.78 is 17.5. The Hall–Kier alpha value is -1.33. The van der Waals surface area contributed by atoms with E-state index in [0.717, 1.165) is 59.7 Å². The minimum absolute atomic E-state index is 0.359. The number of ether oxygens (including phenoxy) is 3. The fraction of sp³-hybridized carbons (Fsp3) is 0.609. The van der Waals surface area contributed by atoms with Crippen LogP contribution in [-0.2, 0) is 9.47 Å². The molecule has 0 radical (unpaired) electrons. The minimum Gasteiger partial charge on any atom is -0.493 e. The van der Waals surface area contributed by atoms with Crippen molar-refractivity contribution >= 4 is 26.8 Å². The summed E-state index contributed by atoms with van der Waals surface area (Å²) in [5.74, 6) is 0.847. The molecule has 0 saturated carbocycles. The summed E-state index contributed by atoms with van der Waals surface area (Å²) in [6.45, 7) is 0.559. The van der Waals surface area contributed by atoms with Gasteiger partial charge < -0.3 is 34.6 Å². The molecule has 1 fully saturated rings. The number of aliphatic hydroxyl groups is 4. The Kier molecular flexibility index (Phi) is 10.1. The zero-order chi connectivity index (χ0) is 22.9. The second-order valence-electron chi connectivity index (χ2n) is 8.00. The molecule has 1 unspecified atom stereocenters. The van der Waals surface area contributed by atoms with E-state index < -0.39 is 37.3 Å². The molecule has 2 heterocycles. The Morgan fingerprint density at radius 1 is 0.938 bits per heavy atom. The molecule has 9 heteroatoms. The van der Waals surface area contributed by atoms with E-state index in [2.05, 4.69) is 20.9 Å². The lowest BCUT2D eigenvalue weighted by Crippen LogP contribution is -2.59. The zero-order valence-electron chi connectivity index (χ0n) is 18.0. The van der Waals surface area contributed by atoms with Gasteiger partial charge in [-0.1, -0.05) is 41.6 Å². The van der Waals surface area contributed by atoms with Crippen molar-refractivity contribution in [3.8, 4) is 5.75 Å². The van der Waals surface area contributed by atoms with Gasteiger partial charge in [-0.2, -0.15) is 0 Å². The van der Waals surface area contributed by atoms with Crippen LogP contribution < -0.4 is 4.74 Å². The number of unbranched alkanes of at least 4 members (excludes halogenated alkanes) is 5. The van der Waals surface area contributed by atoms with Crippen molar-refractivity contribution in [2.75, 3.05) is 19.8 Å². The quantitative estimate of drug-likeness (QED) is 0.319. The van der Waals surface area contributed by atoms with Crippen LogP contribution in [0.2, 0.25) is 0 Å². The van der Waals surface area contributed by atoms with E-state index in [9.17, 15) is 20.4 Å². The Morgan fingerprint density at radius 2 is 1.66 bits per heavy atom. The van der Waals surface area contributed by atoms with Gasteiger partial charge in [0.05, 0.1) is 18.7 Å². The number of benzene rings is 1. The summed E-state index contributed by atoms with van der Waals surface area (Å²) in [6, 6.07) is 7.84. The van der Waals surface area contributed by atoms with Crippen LogP contribution in [0.4, 0.5) is 0 Å². The predicted molar refractivity (Wildman–Crippen MR) is 122 cm³/mol. The molecule has 0 bridgehead atoms. The topological polar surface area (TPSA) is 122 Å². The highest BCUT2D eigenvalue weighted by Gasteiger charge is 2.44. The van der Waals surface area contributed by atoms with Gasteiger partial charge in [0.1, 0.15) is 30.2 Å². The van der Waals surface area contributed by atoms with Crippen LogP contribution in [0.3, 0.4) is 0 Å². The van der Waals surface area contributed by atoms with E-state index in [0.29, 0.717) is 13.2 Å². The van der Waals surface area contributed by atoms with Crippen LogP contribution in [0.1, 0.15) is 38.5 Å². The number of nitrogens with zero attached hydrogens (tertiary/aromatic N) is 1. The number of fused-ring (bicyclic) bond motifs is 1. The largest absolute Gasteiger partial charge is 0.493 e. The molecule has 5 atom stereocenters. The first-order valence-electron chi connectivity index (χ1n) is 11.1. The first-order chi connectivity index (χ1) is 15.5. The first-order valence-corrected chi connectivity index (χ1v) is 11.9. The molecule has 0 amide bonds. The van der Waals surface area contributed by atoms with Gasteiger partial charge >= 0.3 is 0 Å². The third-order valence-corrected chi connectivity index (χ3v) is 6.10. The summed E-state index contributed by atoms with van der Waals surface area (Å²) in [7, 11) is 0. The summed E-state index contributed by atoms with van der Waals surface area (Å²) >= 11 is 3.49. The van der Waals surface area contributed by atoms with Crippen molar-refractivity contribution in [3.05, 3.63) is 34.9 Å². The number of pyridine rings is 1. The van der Waals surface area contributed by atoms with Gasteiger partial charge in [0.2, 0.25) is 0 Å². The molecule has 2 aromatic rings. The molecule has 3 rings (SSSR count). The first kappa shape index (κ1) is 25.3. The Balaban J connectivity index is 1.26. The lowest BCUT2D eigenvalue weighted by molar-refractivity contribution is -0.294. The van der Waals surface area contributed by atoms with E-state index in [1.54, 1.807) is 6.20 Å². The third kappa shape index (κ3) is 6.84. The minimum atomic E-state index is -1.48. The molecular weight excluding hydrogens is 482 g/mol. The highest BCUT2D eigenvalue weighted by Crippen LogP contribution is 2.27. The Labute approximate surface area is 196 Å². The van der Waals surface area contributed by atoms with Gasteiger partial charge in [-0.25, -0.2) is 0 Å². The molecule has 1 aliphatic rings. The van der Waals surface area contributed by atoms with Crippen LogP contribution in [0.25, 0.3) is 10.9 Å². The molecule has 1 saturated heterocycles. The van der Waals surface area contributed by atoms with Crippen molar-refractivity contribution < 1.29 is 34.6 Å². The second-order valence-corrected chi connectivity index (χ2v) is 8.92. The SMILES string of the molecule is OC[C@H]1OC(O)[C@H](O)[C@@H](OCCCCCCCCOc2ccnc3ccc(Br)cc23)[C@@H]1O. The lowest BCUT2D eigenvalue weighted by Gasteiger charge is -2.39. The molecule has 0 aliphatic carbocycles. The highest BCUT2D eigenvalue weighted by atomic mass is 79.9. The number of aliphatic hydroxyl groups excluding tert-OH is 4. The van der Waals surface area contributed by atoms with Gasteiger partial charge in [0, 0.05) is 22.7 Å². The third-order valence-electron chi connectivity index (χ3n) is 5.61. The smallest absolute Gasteiger partial charge is 0.184 e. The average Bonchev–Trinajstić information content (AvgIpc) is 2.79. The number of hydrogen-bond acceptors (Lipinski definition) is 8. The van der Waals surface area contributed by atoms with E-state index in [-0.39, 0.29) is 0 Å². The maximum atomic E-state index is 10.1. The average molecular weight is 514 g/mol. The normalized spacial score (nSPS) is 25.8. The maximum absolute atomic E-state index is 10.1. The van der Waals surface area contributed by atoms with E-state index in [4.69, 9.17) is 14.2 Å². The fourth-order valence-electron chi connectivity index (χ4n) is 3.80.